The molecule has 1 heterocycles. The van der Waals surface area contributed by atoms with E-state index in [0.717, 1.165) is 28.8 Å². The van der Waals surface area contributed by atoms with Gasteiger partial charge >= 0.3 is 5.97 Å². The first kappa shape index (κ1) is 21.6. The molecule has 0 fully saturated rings. The van der Waals surface area contributed by atoms with Crippen molar-refractivity contribution in [1.82, 2.24) is 9.55 Å². The molecule has 32 heavy (non-hydrogen) atoms. The molecule has 1 aromatic heterocycles. The Morgan fingerprint density at radius 2 is 1.28 bits per heavy atom. The maximum absolute atomic E-state index is 12.8. The summed E-state index contributed by atoms with van der Waals surface area (Å²) in [6, 6.07) is 31.2. The first-order valence-corrected chi connectivity index (χ1v) is 11.1. The van der Waals surface area contributed by atoms with Crippen LogP contribution in [0.2, 0.25) is 0 Å². The Morgan fingerprint density at radius 1 is 0.812 bits per heavy atom. The second kappa shape index (κ2) is 9.65. The van der Waals surface area contributed by atoms with E-state index in [0.29, 0.717) is 18.7 Å². The maximum atomic E-state index is 12.8. The number of hydrogen-bond acceptors (Lipinski definition) is 3. The SMILES string of the molecule is CCCc1c(C(=O)OCC)ncn1C(c1ccccc1)(c1ccccc1)c1ccccc1. The van der Waals surface area contributed by atoms with Crippen LogP contribution in [0.3, 0.4) is 0 Å². The van der Waals surface area contributed by atoms with Crippen molar-refractivity contribution in [3.63, 3.8) is 0 Å². The van der Waals surface area contributed by atoms with E-state index in [1.807, 2.05) is 25.1 Å². The van der Waals surface area contributed by atoms with Gasteiger partial charge < -0.3 is 9.30 Å². The lowest BCUT2D eigenvalue weighted by molar-refractivity contribution is 0.0518. The number of esters is 1. The van der Waals surface area contributed by atoms with Crippen molar-refractivity contribution in [3.05, 3.63) is 125 Å². The summed E-state index contributed by atoms with van der Waals surface area (Å²) in [4.78, 5) is 17.4. The van der Waals surface area contributed by atoms with Gasteiger partial charge in [-0.05, 0) is 30.0 Å². The molecular formula is C28H28N2O2. The number of carbonyl (C=O) groups is 1. The van der Waals surface area contributed by atoms with Crippen LogP contribution in [0.5, 0.6) is 0 Å². The zero-order valence-corrected chi connectivity index (χ0v) is 18.6. The third kappa shape index (κ3) is 3.73. The molecule has 0 saturated carbocycles. The molecular weight excluding hydrogens is 396 g/mol. The number of nitrogens with zero attached hydrogens (tertiary/aromatic N) is 2. The van der Waals surface area contributed by atoms with Gasteiger partial charge in [0.2, 0.25) is 0 Å². The van der Waals surface area contributed by atoms with Gasteiger partial charge in [0, 0.05) is 0 Å². The predicted molar refractivity (Wildman–Crippen MR) is 127 cm³/mol. The minimum Gasteiger partial charge on any atom is -0.461 e. The Kier molecular flexibility index (Phi) is 6.50. The number of rotatable bonds is 8. The van der Waals surface area contributed by atoms with E-state index in [2.05, 4.69) is 89.3 Å². The Hall–Kier alpha value is -3.66. The molecule has 4 nitrogen and oxygen atoms in total. The van der Waals surface area contributed by atoms with Crippen LogP contribution in [0.4, 0.5) is 0 Å². The van der Waals surface area contributed by atoms with Crippen LogP contribution in [0.25, 0.3) is 0 Å². The standard InChI is InChI=1S/C28H28N2O2/c1-3-14-25-26(27(31)32-4-2)29-21-30(25)28(22-15-8-5-9-16-22,23-17-10-6-11-18-23)24-19-12-7-13-20-24/h5-13,15-21H,3-4,14H2,1-2H3. The zero-order valence-electron chi connectivity index (χ0n) is 18.6. The lowest BCUT2D eigenvalue weighted by Gasteiger charge is -2.38. The van der Waals surface area contributed by atoms with Gasteiger partial charge in [0.15, 0.2) is 5.69 Å². The Balaban J connectivity index is 2.11. The minimum absolute atomic E-state index is 0.318. The largest absolute Gasteiger partial charge is 0.461 e. The van der Waals surface area contributed by atoms with E-state index in [4.69, 9.17) is 4.74 Å². The van der Waals surface area contributed by atoms with Gasteiger partial charge in [0.1, 0.15) is 5.54 Å². The fourth-order valence-electron chi connectivity index (χ4n) is 4.46. The van der Waals surface area contributed by atoms with Crippen molar-refractivity contribution in [2.75, 3.05) is 6.61 Å². The molecule has 4 rings (SSSR count). The number of hydrogen-bond donors (Lipinski definition) is 0. The molecule has 0 aliphatic heterocycles. The highest BCUT2D eigenvalue weighted by Crippen LogP contribution is 2.42. The molecule has 0 aliphatic rings. The monoisotopic (exact) mass is 424 g/mol. The molecule has 0 bridgehead atoms. The van der Waals surface area contributed by atoms with Crippen LogP contribution in [0.1, 0.15) is 53.1 Å². The van der Waals surface area contributed by atoms with E-state index >= 15 is 0 Å². The molecule has 0 N–H and O–H groups in total. The third-order valence-electron chi connectivity index (χ3n) is 5.76. The first-order chi connectivity index (χ1) is 15.7. The van der Waals surface area contributed by atoms with Gasteiger partial charge in [-0.2, -0.15) is 0 Å². The van der Waals surface area contributed by atoms with E-state index in [1.165, 1.54) is 0 Å². The molecule has 162 valence electrons. The van der Waals surface area contributed by atoms with E-state index in [-0.39, 0.29) is 5.97 Å². The van der Waals surface area contributed by atoms with Crippen LogP contribution in [-0.2, 0) is 16.7 Å². The molecule has 0 amide bonds. The van der Waals surface area contributed by atoms with Crippen molar-refractivity contribution < 1.29 is 9.53 Å². The van der Waals surface area contributed by atoms with Crippen LogP contribution in [0.15, 0.2) is 97.3 Å². The van der Waals surface area contributed by atoms with Crippen molar-refractivity contribution in [3.8, 4) is 0 Å². The quantitative estimate of drug-likeness (QED) is 0.263. The minimum atomic E-state index is -0.688. The Bertz CT molecular complexity index is 1060. The highest BCUT2D eigenvalue weighted by molar-refractivity contribution is 5.88. The Morgan fingerprint density at radius 3 is 1.69 bits per heavy atom. The van der Waals surface area contributed by atoms with Crippen LogP contribution >= 0.6 is 0 Å². The van der Waals surface area contributed by atoms with E-state index < -0.39 is 5.54 Å². The summed E-state index contributed by atoms with van der Waals surface area (Å²) in [5.74, 6) is -0.377. The molecule has 0 aliphatic carbocycles. The number of benzene rings is 3. The highest BCUT2D eigenvalue weighted by Gasteiger charge is 2.40. The number of aromatic nitrogens is 2. The van der Waals surface area contributed by atoms with Crippen molar-refractivity contribution in [1.29, 1.82) is 0 Å². The van der Waals surface area contributed by atoms with Gasteiger partial charge in [-0.1, -0.05) is 104 Å². The summed E-state index contributed by atoms with van der Waals surface area (Å²) in [6.07, 6.45) is 3.39. The molecule has 0 radical (unpaired) electrons. The van der Waals surface area contributed by atoms with Gasteiger partial charge in [0.25, 0.3) is 0 Å². The molecule has 3 aromatic carbocycles. The number of carbonyl (C=O) groups excluding carboxylic acids is 1. The molecule has 0 atom stereocenters. The maximum Gasteiger partial charge on any atom is 0.358 e. The summed E-state index contributed by atoms with van der Waals surface area (Å²) in [7, 11) is 0. The summed E-state index contributed by atoms with van der Waals surface area (Å²) < 4.78 is 7.51. The Labute approximate surface area is 189 Å². The summed E-state index contributed by atoms with van der Waals surface area (Å²) in [5, 5.41) is 0. The van der Waals surface area contributed by atoms with Crippen molar-refractivity contribution >= 4 is 5.97 Å². The molecule has 0 saturated heterocycles. The zero-order chi connectivity index (χ0) is 22.4. The lowest BCUT2D eigenvalue weighted by Crippen LogP contribution is -2.38. The van der Waals surface area contributed by atoms with Crippen LogP contribution in [0, 0.1) is 0 Å². The number of imidazole rings is 1. The number of ether oxygens (including phenoxy) is 1. The fourth-order valence-corrected chi connectivity index (χ4v) is 4.46. The third-order valence-corrected chi connectivity index (χ3v) is 5.76. The van der Waals surface area contributed by atoms with Gasteiger partial charge in [-0.15, -0.1) is 0 Å². The average Bonchev–Trinajstić information content (AvgIpc) is 3.26. The first-order valence-electron chi connectivity index (χ1n) is 11.1. The normalized spacial score (nSPS) is 11.3. The average molecular weight is 425 g/mol. The fraction of sp³-hybridized carbons (Fsp3) is 0.214. The molecule has 0 spiro atoms. The summed E-state index contributed by atoms with van der Waals surface area (Å²) in [6.45, 7) is 4.25. The van der Waals surface area contributed by atoms with Gasteiger partial charge in [-0.3, -0.25) is 0 Å². The van der Waals surface area contributed by atoms with Gasteiger partial charge in [-0.25, -0.2) is 9.78 Å². The van der Waals surface area contributed by atoms with Crippen molar-refractivity contribution in [2.24, 2.45) is 0 Å². The molecule has 0 unspecified atom stereocenters. The van der Waals surface area contributed by atoms with Crippen LogP contribution < -0.4 is 0 Å². The topological polar surface area (TPSA) is 44.1 Å². The van der Waals surface area contributed by atoms with E-state index in [1.54, 1.807) is 6.33 Å². The second-order valence-corrected chi connectivity index (χ2v) is 7.69. The lowest BCUT2D eigenvalue weighted by atomic mass is 9.76. The summed E-state index contributed by atoms with van der Waals surface area (Å²) >= 11 is 0. The highest BCUT2D eigenvalue weighted by atomic mass is 16.5. The second-order valence-electron chi connectivity index (χ2n) is 7.69. The van der Waals surface area contributed by atoms with Crippen LogP contribution in [-0.4, -0.2) is 22.1 Å². The van der Waals surface area contributed by atoms with Crippen molar-refractivity contribution in [2.45, 2.75) is 32.2 Å². The smallest absolute Gasteiger partial charge is 0.358 e. The molecule has 4 aromatic rings. The van der Waals surface area contributed by atoms with E-state index in [9.17, 15) is 4.79 Å². The summed E-state index contributed by atoms with van der Waals surface area (Å²) in [5.41, 5.74) is 3.88. The van der Waals surface area contributed by atoms with Gasteiger partial charge in [0.05, 0.1) is 18.6 Å². The molecule has 4 heteroatoms. The predicted octanol–water partition coefficient (Wildman–Crippen LogP) is 5.85.